The van der Waals surface area contributed by atoms with Crippen LogP contribution in [0.1, 0.15) is 32.2 Å². The monoisotopic (exact) mass is 508 g/mol. The number of nitrogens with zero attached hydrogens (tertiary/aromatic N) is 4. The molecule has 8 heteroatoms. The fourth-order valence-electron chi connectivity index (χ4n) is 2.83. The molecule has 0 aliphatic carbocycles. The molecule has 0 amide bonds. The summed E-state index contributed by atoms with van der Waals surface area (Å²) in [5, 5.41) is 15.1. The van der Waals surface area contributed by atoms with E-state index in [1.54, 1.807) is 7.05 Å². The topological polar surface area (TPSA) is 75.8 Å². The van der Waals surface area contributed by atoms with Crippen LogP contribution in [0.4, 0.5) is 0 Å². The highest BCUT2D eigenvalue weighted by atomic mass is 127. The van der Waals surface area contributed by atoms with Gasteiger partial charge < -0.3 is 15.4 Å². The van der Waals surface area contributed by atoms with Gasteiger partial charge in [0.05, 0.1) is 0 Å². The smallest absolute Gasteiger partial charge is 0.191 e. The Bertz CT molecular complexity index is 947. The zero-order chi connectivity index (χ0) is 20.0. The Hall–Kier alpha value is -2.36. The van der Waals surface area contributed by atoms with Gasteiger partial charge in [-0.2, -0.15) is 0 Å². The number of hydrogen-bond acceptors (Lipinski definition) is 4. The number of aliphatic imine (C=N–C) groups is 1. The second kappa shape index (κ2) is 10.4. The third-order valence-corrected chi connectivity index (χ3v) is 4.08. The van der Waals surface area contributed by atoms with Crippen LogP contribution < -0.4 is 15.4 Å². The Kier molecular flexibility index (Phi) is 8.24. The number of guanidine groups is 1. The summed E-state index contributed by atoms with van der Waals surface area (Å²) in [5.41, 5.74) is 1.70. The summed E-state index contributed by atoms with van der Waals surface area (Å²) in [4.78, 5) is 4.30. The lowest BCUT2D eigenvalue weighted by molar-refractivity contribution is 0.129. The molecule has 0 radical (unpaired) electrons. The van der Waals surface area contributed by atoms with Gasteiger partial charge in [0.1, 0.15) is 17.2 Å². The normalized spacial score (nSPS) is 11.8. The number of rotatable bonds is 6. The molecule has 3 aromatic rings. The average Bonchev–Trinajstić information content (AvgIpc) is 3.07. The molecule has 2 heterocycles. The van der Waals surface area contributed by atoms with Crippen molar-refractivity contribution >= 4 is 35.6 Å². The zero-order valence-electron chi connectivity index (χ0n) is 17.3. The van der Waals surface area contributed by atoms with Gasteiger partial charge in [-0.25, -0.2) is 0 Å². The van der Waals surface area contributed by atoms with E-state index in [1.807, 2.05) is 67.8 Å². The lowest BCUT2D eigenvalue weighted by atomic mass is 10.1. The van der Waals surface area contributed by atoms with E-state index in [1.165, 1.54) is 0 Å². The molecule has 2 N–H and O–H groups in total. The van der Waals surface area contributed by atoms with E-state index in [0.717, 1.165) is 35.2 Å². The Balaban J connectivity index is 0.00000300. The first-order chi connectivity index (χ1) is 13.5. The van der Waals surface area contributed by atoms with Gasteiger partial charge in [0, 0.05) is 38.3 Å². The summed E-state index contributed by atoms with van der Waals surface area (Å²) in [7, 11) is 1.76. The van der Waals surface area contributed by atoms with Crippen LogP contribution >= 0.6 is 24.0 Å². The molecule has 7 nitrogen and oxygen atoms in total. The van der Waals surface area contributed by atoms with Gasteiger partial charge in [0.25, 0.3) is 0 Å². The lowest BCUT2D eigenvalue weighted by Gasteiger charge is -2.23. The highest BCUT2D eigenvalue weighted by Gasteiger charge is 2.14. The molecule has 0 bridgehead atoms. The van der Waals surface area contributed by atoms with Crippen LogP contribution in [0.15, 0.2) is 53.7 Å². The van der Waals surface area contributed by atoms with Crippen molar-refractivity contribution in [2.45, 2.75) is 39.3 Å². The minimum atomic E-state index is -0.239. The van der Waals surface area contributed by atoms with Crippen molar-refractivity contribution < 1.29 is 4.74 Å². The van der Waals surface area contributed by atoms with Crippen molar-refractivity contribution in [3.05, 3.63) is 60.0 Å². The molecular formula is C21H29IN6O. The highest BCUT2D eigenvalue weighted by Crippen LogP contribution is 2.22. The minimum absolute atomic E-state index is 0. The third kappa shape index (κ3) is 6.59. The molecular weight excluding hydrogens is 479 g/mol. The van der Waals surface area contributed by atoms with Gasteiger partial charge >= 0.3 is 0 Å². The standard InChI is InChI=1S/C21H28N6O.HI/c1-21(2,3)28-17-10-6-5-9-16(17)15-24-20(22-4)23-13-12-19-26-25-18-11-7-8-14-27(18)19;/h5-11,14H,12-13,15H2,1-4H3,(H2,22,23,24);1H. The average molecular weight is 508 g/mol. The first-order valence-electron chi connectivity index (χ1n) is 9.46. The van der Waals surface area contributed by atoms with Crippen molar-refractivity contribution in [3.63, 3.8) is 0 Å². The molecule has 0 atom stereocenters. The van der Waals surface area contributed by atoms with E-state index >= 15 is 0 Å². The Morgan fingerprint density at radius 1 is 1.07 bits per heavy atom. The molecule has 0 unspecified atom stereocenters. The minimum Gasteiger partial charge on any atom is -0.488 e. The number of hydrogen-bond donors (Lipinski definition) is 2. The first-order valence-corrected chi connectivity index (χ1v) is 9.46. The van der Waals surface area contributed by atoms with E-state index in [9.17, 15) is 0 Å². The zero-order valence-corrected chi connectivity index (χ0v) is 19.7. The number of fused-ring (bicyclic) bond motifs is 1. The Morgan fingerprint density at radius 3 is 2.59 bits per heavy atom. The van der Waals surface area contributed by atoms with Crippen LogP contribution in [0, 0.1) is 0 Å². The van der Waals surface area contributed by atoms with Crippen molar-refractivity contribution in [3.8, 4) is 5.75 Å². The number of pyridine rings is 1. The number of ether oxygens (including phenoxy) is 1. The molecule has 0 saturated heterocycles. The lowest BCUT2D eigenvalue weighted by Crippen LogP contribution is -2.38. The molecule has 2 aromatic heterocycles. The number of aromatic nitrogens is 3. The Morgan fingerprint density at radius 2 is 1.83 bits per heavy atom. The SMILES string of the molecule is CN=C(NCCc1nnc2ccccn12)NCc1ccccc1OC(C)(C)C.I. The van der Waals surface area contributed by atoms with Crippen LogP contribution in [0.5, 0.6) is 5.75 Å². The molecule has 0 fully saturated rings. The first kappa shape index (κ1) is 22.9. The second-order valence-corrected chi connectivity index (χ2v) is 7.47. The van der Waals surface area contributed by atoms with Crippen LogP contribution in [0.2, 0.25) is 0 Å². The summed E-state index contributed by atoms with van der Waals surface area (Å²) in [6.45, 7) is 7.47. The largest absolute Gasteiger partial charge is 0.488 e. The van der Waals surface area contributed by atoms with Gasteiger partial charge in [-0.3, -0.25) is 9.39 Å². The molecule has 29 heavy (non-hydrogen) atoms. The number of nitrogens with one attached hydrogen (secondary N) is 2. The van der Waals surface area contributed by atoms with E-state index in [2.05, 4.69) is 31.9 Å². The van der Waals surface area contributed by atoms with Crippen molar-refractivity contribution in [2.75, 3.05) is 13.6 Å². The summed E-state index contributed by atoms with van der Waals surface area (Å²) in [6.07, 6.45) is 2.72. The summed E-state index contributed by atoms with van der Waals surface area (Å²) >= 11 is 0. The molecule has 3 rings (SSSR count). The van der Waals surface area contributed by atoms with E-state index in [4.69, 9.17) is 4.74 Å². The molecule has 156 valence electrons. The Labute approximate surface area is 189 Å². The van der Waals surface area contributed by atoms with Gasteiger partial charge in [-0.1, -0.05) is 24.3 Å². The van der Waals surface area contributed by atoms with Crippen LogP contribution in [0.3, 0.4) is 0 Å². The number of para-hydroxylation sites is 1. The molecule has 0 spiro atoms. The van der Waals surface area contributed by atoms with E-state index in [-0.39, 0.29) is 29.6 Å². The molecule has 1 aromatic carbocycles. The third-order valence-electron chi connectivity index (χ3n) is 4.08. The van der Waals surface area contributed by atoms with Crippen molar-refractivity contribution in [2.24, 2.45) is 4.99 Å². The fraction of sp³-hybridized carbons (Fsp3) is 0.381. The summed E-state index contributed by atoms with van der Waals surface area (Å²) < 4.78 is 8.05. The van der Waals surface area contributed by atoms with Gasteiger partial charge in [-0.15, -0.1) is 34.2 Å². The molecule has 0 aliphatic heterocycles. The predicted octanol–water partition coefficient (Wildman–Crippen LogP) is 3.43. The van der Waals surface area contributed by atoms with Gasteiger partial charge in [-0.05, 0) is 39.0 Å². The summed E-state index contributed by atoms with van der Waals surface area (Å²) in [6, 6.07) is 13.9. The highest BCUT2D eigenvalue weighted by molar-refractivity contribution is 14.0. The maximum Gasteiger partial charge on any atom is 0.191 e. The molecule has 0 saturated carbocycles. The maximum atomic E-state index is 6.05. The fourth-order valence-corrected chi connectivity index (χ4v) is 2.83. The van der Waals surface area contributed by atoms with Crippen LogP contribution in [0.25, 0.3) is 5.65 Å². The number of benzene rings is 1. The van der Waals surface area contributed by atoms with Crippen LogP contribution in [-0.2, 0) is 13.0 Å². The quantitative estimate of drug-likeness (QED) is 0.303. The summed E-state index contributed by atoms with van der Waals surface area (Å²) in [5.74, 6) is 2.54. The maximum absolute atomic E-state index is 6.05. The van der Waals surface area contributed by atoms with E-state index < -0.39 is 0 Å². The van der Waals surface area contributed by atoms with Gasteiger partial charge in [0.2, 0.25) is 0 Å². The van der Waals surface area contributed by atoms with Crippen LogP contribution in [-0.4, -0.2) is 39.8 Å². The van der Waals surface area contributed by atoms with Crippen molar-refractivity contribution in [1.82, 2.24) is 25.2 Å². The molecule has 0 aliphatic rings. The second-order valence-electron chi connectivity index (χ2n) is 7.47. The van der Waals surface area contributed by atoms with Crippen molar-refractivity contribution in [1.29, 1.82) is 0 Å². The van der Waals surface area contributed by atoms with E-state index in [0.29, 0.717) is 13.1 Å². The number of halogens is 1. The van der Waals surface area contributed by atoms with Gasteiger partial charge in [0.15, 0.2) is 11.6 Å². The predicted molar refractivity (Wildman–Crippen MR) is 127 cm³/mol.